The Balaban J connectivity index is 1.40. The molecule has 0 saturated carbocycles. The van der Waals surface area contributed by atoms with Crippen LogP contribution in [-0.2, 0) is 18.5 Å². The molecule has 0 saturated heterocycles. The molecule has 0 N–H and O–H groups in total. The van der Waals surface area contributed by atoms with Crippen molar-refractivity contribution in [2.24, 2.45) is 5.92 Å². The monoisotopic (exact) mass is 686 g/mol. The van der Waals surface area contributed by atoms with Crippen molar-refractivity contribution >= 4 is 54.4 Å². The molecule has 2 aromatic heterocycles. The first-order valence-electron chi connectivity index (χ1n) is 19.1. The average Bonchev–Trinajstić information content (AvgIpc) is 3.68. The summed E-state index contributed by atoms with van der Waals surface area (Å²) in [7, 11) is 0. The number of aromatic nitrogens is 3. The lowest BCUT2D eigenvalue weighted by Crippen LogP contribution is -2.61. The van der Waals surface area contributed by atoms with Crippen molar-refractivity contribution in [2.45, 2.75) is 53.1 Å². The maximum Gasteiger partial charge on any atom is 0.295 e. The van der Waals surface area contributed by atoms with Crippen LogP contribution in [0.3, 0.4) is 0 Å². The van der Waals surface area contributed by atoms with Crippen molar-refractivity contribution in [1.82, 2.24) is 9.13 Å². The third kappa shape index (κ3) is 4.43. The number of allylic oxidation sites excluding steroid dienone is 1. The molecule has 258 valence electrons. The zero-order valence-electron chi connectivity index (χ0n) is 31.2. The van der Waals surface area contributed by atoms with Gasteiger partial charge in [-0.2, -0.15) is 4.57 Å². The van der Waals surface area contributed by atoms with Gasteiger partial charge in [0.25, 0.3) is 5.82 Å². The molecule has 7 aromatic carbocycles. The number of hydrogen-bond donors (Lipinski definition) is 0. The van der Waals surface area contributed by atoms with Gasteiger partial charge in [0.05, 0.1) is 5.56 Å². The summed E-state index contributed by atoms with van der Waals surface area (Å²) in [5.41, 5.74) is 13.8. The number of imidazole rings is 1. The normalized spacial score (nSPS) is 16.1. The highest BCUT2D eigenvalue weighted by molar-refractivity contribution is 6.12. The molecule has 3 heteroatoms. The van der Waals surface area contributed by atoms with Crippen molar-refractivity contribution in [3.05, 3.63) is 157 Å². The molecule has 1 aliphatic rings. The lowest BCUT2D eigenvalue weighted by molar-refractivity contribution is -0.737. The molecular formula is C50H44N3+. The van der Waals surface area contributed by atoms with Crippen LogP contribution >= 0.6 is 0 Å². The molecule has 0 radical (unpaired) electrons. The summed E-state index contributed by atoms with van der Waals surface area (Å²) in [6, 6.07) is 47.8. The van der Waals surface area contributed by atoms with Gasteiger partial charge >= 0.3 is 0 Å². The SMILES string of the molecule is C=CC(C)C1(C)Cc2cc3c(cc2-c2n(-c4c(C)cc(-c5ccccc5)cc4C)c4cc5ccc6ccccc6c5cc4[n+]21)c1ccccc1n3CC. The summed E-state index contributed by atoms with van der Waals surface area (Å²) >= 11 is 0. The van der Waals surface area contributed by atoms with E-state index in [1.807, 2.05) is 0 Å². The van der Waals surface area contributed by atoms with Crippen LogP contribution in [0.1, 0.15) is 37.5 Å². The molecule has 0 aliphatic carbocycles. The van der Waals surface area contributed by atoms with E-state index in [1.54, 1.807) is 0 Å². The summed E-state index contributed by atoms with van der Waals surface area (Å²) in [5.74, 6) is 1.45. The molecular weight excluding hydrogens is 643 g/mol. The lowest BCUT2D eigenvalue weighted by Gasteiger charge is -2.36. The second-order valence-electron chi connectivity index (χ2n) is 15.5. The van der Waals surface area contributed by atoms with Gasteiger partial charge in [0.1, 0.15) is 11.2 Å². The minimum absolute atomic E-state index is 0.206. The highest BCUT2D eigenvalue weighted by Gasteiger charge is 2.48. The van der Waals surface area contributed by atoms with Crippen LogP contribution in [0.2, 0.25) is 0 Å². The van der Waals surface area contributed by atoms with Crippen molar-refractivity contribution < 1.29 is 4.57 Å². The fourth-order valence-electron chi connectivity index (χ4n) is 9.72. The molecule has 53 heavy (non-hydrogen) atoms. The highest BCUT2D eigenvalue weighted by atomic mass is 15.2. The van der Waals surface area contributed by atoms with Gasteiger partial charge < -0.3 is 4.57 Å². The van der Waals surface area contributed by atoms with E-state index >= 15 is 0 Å². The van der Waals surface area contributed by atoms with Gasteiger partial charge in [-0.25, -0.2) is 4.57 Å². The topological polar surface area (TPSA) is 13.7 Å². The van der Waals surface area contributed by atoms with Gasteiger partial charge in [0.2, 0.25) is 0 Å². The summed E-state index contributed by atoms with van der Waals surface area (Å²) < 4.78 is 7.80. The Morgan fingerprint density at radius 1 is 0.698 bits per heavy atom. The fourth-order valence-corrected chi connectivity index (χ4v) is 9.72. The van der Waals surface area contributed by atoms with E-state index in [1.165, 1.54) is 99.3 Å². The van der Waals surface area contributed by atoms with Crippen molar-refractivity contribution in [3.63, 3.8) is 0 Å². The first kappa shape index (κ1) is 31.8. The second-order valence-corrected chi connectivity index (χ2v) is 15.5. The zero-order chi connectivity index (χ0) is 36.2. The van der Waals surface area contributed by atoms with Gasteiger partial charge in [-0.1, -0.05) is 97.9 Å². The Kier molecular flexibility index (Phi) is 6.92. The van der Waals surface area contributed by atoms with Crippen molar-refractivity contribution in [3.8, 4) is 28.2 Å². The van der Waals surface area contributed by atoms with Crippen LogP contribution in [0, 0.1) is 19.8 Å². The number of rotatable bonds is 5. The van der Waals surface area contributed by atoms with Gasteiger partial charge in [-0.05, 0) is 120 Å². The number of fused-ring (bicyclic) bond motifs is 11. The molecule has 0 bridgehead atoms. The highest BCUT2D eigenvalue weighted by Crippen LogP contribution is 2.46. The van der Waals surface area contributed by atoms with Crippen LogP contribution in [-0.4, -0.2) is 9.13 Å². The average molecular weight is 687 g/mol. The lowest BCUT2D eigenvalue weighted by atomic mass is 9.77. The summed E-state index contributed by atoms with van der Waals surface area (Å²) in [6.45, 7) is 17.0. The minimum Gasteiger partial charge on any atom is -0.341 e. The third-order valence-electron chi connectivity index (χ3n) is 12.5. The van der Waals surface area contributed by atoms with Crippen LogP contribution in [0.5, 0.6) is 0 Å². The van der Waals surface area contributed by atoms with Gasteiger partial charge in [-0.3, -0.25) is 0 Å². The van der Waals surface area contributed by atoms with Gasteiger partial charge in [0, 0.05) is 40.7 Å². The largest absolute Gasteiger partial charge is 0.341 e. The Morgan fingerprint density at radius 3 is 2.15 bits per heavy atom. The van der Waals surface area contributed by atoms with Gasteiger partial charge in [-0.15, -0.1) is 6.58 Å². The predicted molar refractivity (Wildman–Crippen MR) is 224 cm³/mol. The van der Waals surface area contributed by atoms with Crippen molar-refractivity contribution in [2.75, 3.05) is 0 Å². The molecule has 0 fully saturated rings. The molecule has 1 aliphatic heterocycles. The van der Waals surface area contributed by atoms with Gasteiger partial charge in [0.15, 0.2) is 11.0 Å². The fraction of sp³-hybridized carbons (Fsp3) is 0.180. The van der Waals surface area contributed by atoms with E-state index in [0.29, 0.717) is 0 Å². The first-order valence-corrected chi connectivity index (χ1v) is 19.1. The van der Waals surface area contributed by atoms with E-state index in [-0.39, 0.29) is 11.5 Å². The standard InChI is InChI=1S/C50H44N3/c1-7-33(5)50(6)30-38-27-45-43(40-20-14-15-21-44(40)51(45)8-2)28-42(38)49-52(48-31(3)24-37(25-32(48)4)34-16-10-9-11-17-34)46-26-36-23-22-35-18-12-13-19-39(35)41(36)29-47(46)53(49)50/h7,9-29,33H,1,8,30H2,2-6H3/q+1. The number of nitrogens with zero attached hydrogens (tertiary/aromatic N) is 3. The number of benzene rings is 7. The minimum atomic E-state index is -0.269. The number of aryl methyl sites for hydroxylation is 3. The first-order chi connectivity index (χ1) is 25.8. The molecule has 2 atom stereocenters. The van der Waals surface area contributed by atoms with Crippen LogP contribution in [0.25, 0.3) is 82.6 Å². The second kappa shape index (κ2) is 11.5. The maximum atomic E-state index is 4.39. The summed E-state index contributed by atoms with van der Waals surface area (Å²) in [6.07, 6.45) is 3.07. The summed E-state index contributed by atoms with van der Waals surface area (Å²) in [5, 5.41) is 7.72. The maximum absolute atomic E-state index is 4.39. The Labute approximate surface area is 311 Å². The quantitative estimate of drug-likeness (QED) is 0.0972. The molecule has 2 unspecified atom stereocenters. The van der Waals surface area contributed by atoms with E-state index < -0.39 is 0 Å². The van der Waals surface area contributed by atoms with Crippen LogP contribution in [0.4, 0.5) is 0 Å². The Bertz CT molecular complexity index is 2950. The molecule has 9 aromatic rings. The Morgan fingerprint density at radius 2 is 1.40 bits per heavy atom. The molecule has 3 nitrogen and oxygen atoms in total. The summed E-state index contributed by atoms with van der Waals surface area (Å²) in [4.78, 5) is 0. The Hall–Kier alpha value is -5.93. The zero-order valence-corrected chi connectivity index (χ0v) is 31.2. The molecule has 0 spiro atoms. The van der Waals surface area contributed by atoms with E-state index in [2.05, 4.69) is 188 Å². The number of hydrogen-bond acceptors (Lipinski definition) is 0. The molecule has 0 amide bonds. The predicted octanol–water partition coefficient (Wildman–Crippen LogP) is 12.4. The smallest absolute Gasteiger partial charge is 0.295 e. The number of para-hydroxylation sites is 1. The van der Waals surface area contributed by atoms with Crippen LogP contribution < -0.4 is 4.57 Å². The van der Waals surface area contributed by atoms with E-state index in [9.17, 15) is 0 Å². The van der Waals surface area contributed by atoms with E-state index in [0.717, 1.165) is 13.0 Å². The molecule has 3 heterocycles. The van der Waals surface area contributed by atoms with Crippen molar-refractivity contribution in [1.29, 1.82) is 0 Å². The molecule has 10 rings (SSSR count). The van der Waals surface area contributed by atoms with E-state index in [4.69, 9.17) is 0 Å². The van der Waals surface area contributed by atoms with Crippen LogP contribution in [0.15, 0.2) is 140 Å². The third-order valence-corrected chi connectivity index (χ3v) is 12.5.